The molecule has 618 valence electrons. The summed E-state index contributed by atoms with van der Waals surface area (Å²) in [4.78, 5) is 73.2. The third-order valence-corrected chi connectivity index (χ3v) is 22.1. The van der Waals surface area contributed by atoms with E-state index >= 15 is 0 Å². The number of hydrogen-bond acceptors (Lipinski definition) is 15. The molecule has 0 rings (SSSR count). The minimum absolute atomic E-state index is 0.108. The Balaban J connectivity index is 5.27. The maximum absolute atomic E-state index is 13.1. The van der Waals surface area contributed by atoms with Crippen LogP contribution < -0.4 is 0 Å². The molecule has 0 aliphatic carbocycles. The Morgan fingerprint density at radius 3 is 0.731 bits per heavy atom. The number of carbonyl (C=O) groups is 4. The van der Waals surface area contributed by atoms with E-state index < -0.39 is 97.5 Å². The van der Waals surface area contributed by atoms with Gasteiger partial charge in [-0.2, -0.15) is 0 Å². The van der Waals surface area contributed by atoms with Crippen LogP contribution in [0.3, 0.4) is 0 Å². The molecule has 0 heterocycles. The molecule has 0 aromatic carbocycles. The first-order valence-corrected chi connectivity index (χ1v) is 46.9. The van der Waals surface area contributed by atoms with E-state index in [4.69, 9.17) is 37.0 Å². The normalized spacial score (nSPS) is 14.2. The fourth-order valence-electron chi connectivity index (χ4n) is 13.2. The highest BCUT2D eigenvalue weighted by Crippen LogP contribution is 2.45. The maximum Gasteiger partial charge on any atom is 0.472 e. The summed E-state index contributed by atoms with van der Waals surface area (Å²) in [5.74, 6) is 0.292. The number of ether oxygens (including phenoxy) is 4. The smallest absolute Gasteiger partial charge is 0.462 e. The van der Waals surface area contributed by atoms with E-state index in [2.05, 4.69) is 48.5 Å². The van der Waals surface area contributed by atoms with Crippen molar-refractivity contribution in [3.8, 4) is 0 Å². The van der Waals surface area contributed by atoms with E-state index in [1.807, 2.05) is 0 Å². The zero-order valence-corrected chi connectivity index (χ0v) is 70.3. The van der Waals surface area contributed by atoms with Gasteiger partial charge in [-0.3, -0.25) is 37.3 Å². The summed E-state index contributed by atoms with van der Waals surface area (Å²) in [6, 6.07) is 0. The number of rotatable bonds is 83. The zero-order valence-electron chi connectivity index (χ0n) is 68.5. The van der Waals surface area contributed by atoms with Gasteiger partial charge in [0.1, 0.15) is 19.3 Å². The molecule has 0 spiro atoms. The Labute approximate surface area is 638 Å². The van der Waals surface area contributed by atoms with Gasteiger partial charge in [0.05, 0.1) is 26.4 Å². The average Bonchev–Trinajstić information content (AvgIpc) is 0.914. The average molecular weight is 1520 g/mol. The number of hydrogen-bond donors (Lipinski definition) is 3. The van der Waals surface area contributed by atoms with Gasteiger partial charge in [0.2, 0.25) is 0 Å². The fraction of sp³-hybridized carbons (Fsp3) is 0.953. The van der Waals surface area contributed by atoms with Gasteiger partial charge >= 0.3 is 39.5 Å². The number of esters is 4. The molecule has 17 nitrogen and oxygen atoms in total. The van der Waals surface area contributed by atoms with Crippen molar-refractivity contribution in [3.63, 3.8) is 0 Å². The van der Waals surface area contributed by atoms with Crippen molar-refractivity contribution >= 4 is 39.5 Å². The third-order valence-electron chi connectivity index (χ3n) is 20.2. The molecule has 3 N–H and O–H groups in total. The van der Waals surface area contributed by atoms with Crippen molar-refractivity contribution in [2.45, 2.75) is 465 Å². The Morgan fingerprint density at radius 1 is 0.279 bits per heavy atom. The quantitative estimate of drug-likeness (QED) is 0.0222. The van der Waals surface area contributed by atoms with Crippen LogP contribution in [0.2, 0.25) is 0 Å². The number of aliphatic hydroxyl groups is 1. The first kappa shape index (κ1) is 102. The molecule has 0 aliphatic heterocycles. The summed E-state index contributed by atoms with van der Waals surface area (Å²) >= 11 is 0. The molecule has 3 unspecified atom stereocenters. The lowest BCUT2D eigenvalue weighted by Gasteiger charge is -2.21. The van der Waals surface area contributed by atoms with Gasteiger partial charge in [-0.25, -0.2) is 9.13 Å². The van der Waals surface area contributed by atoms with Gasteiger partial charge < -0.3 is 33.8 Å². The number of unbranched alkanes of at least 4 members (excludes halogenated alkanes) is 50. The highest BCUT2D eigenvalue weighted by Gasteiger charge is 2.30. The zero-order chi connectivity index (χ0) is 76.5. The van der Waals surface area contributed by atoms with E-state index in [1.54, 1.807) is 0 Å². The summed E-state index contributed by atoms with van der Waals surface area (Å²) < 4.78 is 68.9. The van der Waals surface area contributed by atoms with E-state index in [9.17, 15) is 43.2 Å². The lowest BCUT2D eigenvalue weighted by Crippen LogP contribution is -2.30. The van der Waals surface area contributed by atoms with Gasteiger partial charge in [0, 0.05) is 25.7 Å². The molecule has 0 aliphatic rings. The van der Waals surface area contributed by atoms with Crippen LogP contribution in [-0.2, 0) is 65.4 Å². The number of aliphatic hydroxyl groups excluding tert-OH is 1. The van der Waals surface area contributed by atoms with Crippen LogP contribution in [0.25, 0.3) is 0 Å². The second-order valence-corrected chi connectivity index (χ2v) is 34.7. The molecule has 0 aromatic rings. The van der Waals surface area contributed by atoms with Crippen LogP contribution in [0, 0.1) is 17.8 Å². The van der Waals surface area contributed by atoms with Crippen molar-refractivity contribution in [1.29, 1.82) is 0 Å². The predicted octanol–water partition coefficient (Wildman–Crippen LogP) is 25.7. The summed E-state index contributed by atoms with van der Waals surface area (Å²) in [5.41, 5.74) is 0. The monoisotopic (exact) mass is 1520 g/mol. The van der Waals surface area contributed by atoms with Crippen LogP contribution in [-0.4, -0.2) is 96.7 Å². The van der Waals surface area contributed by atoms with E-state index in [0.717, 1.165) is 108 Å². The van der Waals surface area contributed by atoms with E-state index in [1.165, 1.54) is 257 Å². The highest BCUT2D eigenvalue weighted by atomic mass is 31.2. The maximum atomic E-state index is 13.1. The molecular formula is C85H166O17P2. The van der Waals surface area contributed by atoms with Crippen LogP contribution in [0.1, 0.15) is 447 Å². The molecule has 0 saturated carbocycles. The second kappa shape index (κ2) is 75.1. The molecule has 0 saturated heterocycles. The second-order valence-electron chi connectivity index (χ2n) is 31.8. The van der Waals surface area contributed by atoms with Crippen LogP contribution in [0.15, 0.2) is 0 Å². The van der Waals surface area contributed by atoms with Crippen LogP contribution >= 0.6 is 15.6 Å². The molecule has 0 radical (unpaired) electrons. The number of phosphoric ester groups is 2. The van der Waals surface area contributed by atoms with Gasteiger partial charge in [0.25, 0.3) is 0 Å². The van der Waals surface area contributed by atoms with Crippen LogP contribution in [0.5, 0.6) is 0 Å². The largest absolute Gasteiger partial charge is 0.472 e. The van der Waals surface area contributed by atoms with Crippen molar-refractivity contribution in [2.75, 3.05) is 39.6 Å². The minimum atomic E-state index is -4.97. The number of carbonyl (C=O) groups excluding carboxylic acids is 4. The van der Waals surface area contributed by atoms with Gasteiger partial charge in [-0.15, -0.1) is 0 Å². The minimum Gasteiger partial charge on any atom is -0.462 e. The summed E-state index contributed by atoms with van der Waals surface area (Å²) in [6.07, 6.45) is 65.1. The predicted molar refractivity (Wildman–Crippen MR) is 428 cm³/mol. The molecule has 104 heavy (non-hydrogen) atoms. The van der Waals surface area contributed by atoms with Crippen LogP contribution in [0.4, 0.5) is 0 Å². The van der Waals surface area contributed by atoms with E-state index in [0.29, 0.717) is 25.7 Å². The molecular weight excluding hydrogens is 1350 g/mol. The Kier molecular flexibility index (Phi) is 73.7. The summed E-state index contributed by atoms with van der Waals surface area (Å²) in [5, 5.41) is 10.7. The summed E-state index contributed by atoms with van der Waals surface area (Å²) in [6.45, 7) is 12.0. The topological polar surface area (TPSA) is 237 Å². The highest BCUT2D eigenvalue weighted by molar-refractivity contribution is 7.47. The molecule has 0 fully saturated rings. The Bertz CT molecular complexity index is 2010. The van der Waals surface area contributed by atoms with E-state index in [-0.39, 0.29) is 25.7 Å². The molecule has 0 amide bonds. The van der Waals surface area contributed by atoms with Gasteiger partial charge in [-0.05, 0) is 43.4 Å². The SMILES string of the molecule is CCCCCCCCCCCCCCCCCCC(=O)O[C@H](COC(=O)CCCCCCCCCCCC(C)C)COP(=O)(O)OC[C@H](O)COP(=O)(O)OC[C@@H](COC(=O)CCCCCCCCCCCCCCCCC(C)CC)OC(=O)CCCCCCCCCCCCCCCCCC(C)C. The van der Waals surface area contributed by atoms with Crippen molar-refractivity contribution in [2.24, 2.45) is 17.8 Å². The first-order chi connectivity index (χ1) is 50.3. The molecule has 0 aromatic heterocycles. The lowest BCUT2D eigenvalue weighted by atomic mass is 9.99. The summed E-state index contributed by atoms with van der Waals surface area (Å²) in [7, 11) is -9.93. The molecule has 0 bridgehead atoms. The Hall–Kier alpha value is -1.94. The number of phosphoric acid groups is 2. The van der Waals surface area contributed by atoms with Crippen molar-refractivity contribution in [1.82, 2.24) is 0 Å². The lowest BCUT2D eigenvalue weighted by molar-refractivity contribution is -0.161. The van der Waals surface area contributed by atoms with Gasteiger partial charge in [-0.1, -0.05) is 395 Å². The Morgan fingerprint density at radius 2 is 0.490 bits per heavy atom. The fourth-order valence-corrected chi connectivity index (χ4v) is 14.7. The standard InChI is InChI=1S/C85H166O17P2/c1-8-10-11-12-13-14-15-16-17-20-27-32-39-47-54-61-68-85(90)102-81(73-96-83(88)67-60-53-46-41-34-36-43-50-57-64-77(5)6)75-100-104(93,94)98-71-79(86)70-97-103(91,92)99-74-80(101-84(89)69-62-55-48-40-33-28-21-18-19-24-29-35-42-49-56-63-76(3)4)72-95-82(87)66-59-52-45-38-31-26-23-22-25-30-37-44-51-58-65-78(7)9-2/h76-81,86H,8-75H2,1-7H3,(H,91,92)(H,93,94)/t78?,79-,80-,81-/m1/s1. The first-order valence-electron chi connectivity index (χ1n) is 43.9. The molecule has 19 heteroatoms. The third kappa shape index (κ3) is 76.8. The van der Waals surface area contributed by atoms with Crippen molar-refractivity contribution < 1.29 is 80.2 Å². The molecule has 6 atom stereocenters. The van der Waals surface area contributed by atoms with Crippen molar-refractivity contribution in [3.05, 3.63) is 0 Å². The van der Waals surface area contributed by atoms with Gasteiger partial charge in [0.15, 0.2) is 12.2 Å².